The van der Waals surface area contributed by atoms with Crippen LogP contribution in [0, 0.1) is 10.2 Å². The predicted molar refractivity (Wildman–Crippen MR) is 114 cm³/mol. The number of hydrogen-bond donors (Lipinski definition) is 1. The average Bonchev–Trinajstić information content (AvgIpc) is 2.83. The molecule has 0 aliphatic carbocycles. The fraction of sp³-hybridized carbons (Fsp3) is 0.160. The molecule has 0 bridgehead atoms. The molecule has 8 nitrogen and oxygen atoms in total. The lowest BCUT2D eigenvalue weighted by Crippen LogP contribution is -2.77. The molecular formula is C25H24ClNO7. The van der Waals surface area contributed by atoms with Gasteiger partial charge in [-0.15, -0.1) is 10.2 Å². The summed E-state index contributed by atoms with van der Waals surface area (Å²) in [5.74, 6) is 2.39. The zero-order valence-electron chi connectivity index (χ0n) is 18.8. The molecule has 1 aromatic heterocycles. The molecule has 1 unspecified atom stereocenters. The van der Waals surface area contributed by atoms with Gasteiger partial charge in [0.2, 0.25) is 5.36 Å². The number of ether oxygens (including phenoxy) is 2. The molecule has 0 saturated heterocycles. The SMILES string of the molecule is COc1ccc(-c2cc(=[NH+]C(C)c3ccccc3)c3cc(OC)ccc3o2)cc1.[O-][Cl+3]([O-])([O-])[O-]. The van der Waals surface area contributed by atoms with Gasteiger partial charge in [0, 0.05) is 18.1 Å². The van der Waals surface area contributed by atoms with Crippen molar-refractivity contribution in [3.63, 3.8) is 0 Å². The summed E-state index contributed by atoms with van der Waals surface area (Å²) in [6.07, 6.45) is 0. The lowest BCUT2D eigenvalue weighted by molar-refractivity contribution is -2.00. The van der Waals surface area contributed by atoms with Crippen LogP contribution >= 0.6 is 0 Å². The van der Waals surface area contributed by atoms with Crippen LogP contribution in [-0.4, -0.2) is 14.2 Å². The molecule has 0 saturated carbocycles. The van der Waals surface area contributed by atoms with E-state index in [2.05, 4.69) is 36.2 Å². The summed E-state index contributed by atoms with van der Waals surface area (Å²) in [6.45, 7) is 2.15. The molecule has 0 fully saturated rings. The van der Waals surface area contributed by atoms with Crippen molar-refractivity contribution < 1.29 is 47.8 Å². The van der Waals surface area contributed by atoms with Gasteiger partial charge < -0.3 is 13.9 Å². The van der Waals surface area contributed by atoms with Gasteiger partial charge in [-0.3, -0.25) is 0 Å². The van der Waals surface area contributed by atoms with Gasteiger partial charge in [0.05, 0.1) is 25.7 Å². The Labute approximate surface area is 198 Å². The van der Waals surface area contributed by atoms with Crippen molar-refractivity contribution in [3.05, 3.63) is 89.8 Å². The molecule has 4 rings (SSSR count). The van der Waals surface area contributed by atoms with E-state index in [9.17, 15) is 0 Å². The van der Waals surface area contributed by atoms with E-state index < -0.39 is 10.2 Å². The van der Waals surface area contributed by atoms with Gasteiger partial charge in [0.15, 0.2) is 6.04 Å². The summed E-state index contributed by atoms with van der Waals surface area (Å²) in [6, 6.07) is 26.3. The van der Waals surface area contributed by atoms with Crippen LogP contribution in [0.15, 0.2) is 83.3 Å². The van der Waals surface area contributed by atoms with Gasteiger partial charge in [0.1, 0.15) is 22.8 Å². The first kappa shape index (κ1) is 25.2. The maximum atomic E-state index is 8.49. The van der Waals surface area contributed by atoms with Crippen molar-refractivity contribution >= 4 is 11.0 Å². The number of nitrogens with one attached hydrogen (secondary N) is 1. The van der Waals surface area contributed by atoms with E-state index in [1.807, 2.05) is 54.6 Å². The zero-order valence-corrected chi connectivity index (χ0v) is 19.6. The Morgan fingerprint density at radius 2 is 1.38 bits per heavy atom. The highest BCUT2D eigenvalue weighted by atomic mass is 35.7. The van der Waals surface area contributed by atoms with Crippen LogP contribution < -0.4 is 38.5 Å². The first-order chi connectivity index (χ1) is 16.2. The lowest BCUT2D eigenvalue weighted by atomic mass is 10.1. The van der Waals surface area contributed by atoms with E-state index in [0.717, 1.165) is 39.1 Å². The highest BCUT2D eigenvalue weighted by Crippen LogP contribution is 2.25. The van der Waals surface area contributed by atoms with Crippen LogP contribution in [-0.2, 0) is 0 Å². The lowest BCUT2D eigenvalue weighted by Gasteiger charge is -2.17. The summed E-state index contributed by atoms with van der Waals surface area (Å²) < 4.78 is 50.9. The Morgan fingerprint density at radius 3 is 1.97 bits per heavy atom. The normalized spacial score (nSPS) is 12.6. The number of hydrogen-bond acceptors (Lipinski definition) is 7. The Balaban J connectivity index is 0.000000588. The first-order valence-corrected chi connectivity index (χ1v) is 11.4. The van der Waals surface area contributed by atoms with Crippen molar-refractivity contribution in [1.29, 1.82) is 0 Å². The molecule has 1 atom stereocenters. The van der Waals surface area contributed by atoms with Crippen LogP contribution in [0.25, 0.3) is 22.3 Å². The third kappa shape index (κ3) is 7.05. The van der Waals surface area contributed by atoms with Crippen molar-refractivity contribution in [3.8, 4) is 22.8 Å². The highest BCUT2D eigenvalue weighted by Gasteiger charge is 2.13. The van der Waals surface area contributed by atoms with Gasteiger partial charge in [-0.2, -0.15) is 0 Å². The van der Waals surface area contributed by atoms with Crippen LogP contribution in [0.5, 0.6) is 11.5 Å². The van der Waals surface area contributed by atoms with Crippen molar-refractivity contribution in [2.45, 2.75) is 13.0 Å². The van der Waals surface area contributed by atoms with E-state index >= 15 is 0 Å². The molecule has 0 spiro atoms. The molecule has 3 aromatic carbocycles. The highest BCUT2D eigenvalue weighted by molar-refractivity contribution is 5.79. The third-order valence-corrected chi connectivity index (χ3v) is 5.02. The van der Waals surface area contributed by atoms with E-state index in [1.165, 1.54) is 5.56 Å². The minimum Gasteiger partial charge on any atom is -0.497 e. The number of fused-ring (bicyclic) bond motifs is 1. The van der Waals surface area contributed by atoms with Crippen molar-refractivity contribution in [2.24, 2.45) is 0 Å². The monoisotopic (exact) mass is 485 g/mol. The zero-order chi connectivity index (χ0) is 24.7. The molecule has 4 aromatic rings. The van der Waals surface area contributed by atoms with Gasteiger partial charge >= 0.3 is 0 Å². The minimum absolute atomic E-state index is 0.136. The molecule has 0 aliphatic rings. The average molecular weight is 486 g/mol. The standard InChI is InChI=1S/C25H23NO3.ClHO4/c1-17(18-7-5-4-6-8-18)26-23-16-25(19-9-11-20(27-2)12-10-19)29-24-14-13-21(28-3)15-22(23)24;2-1(3,4)5/h4-17H,1-3H3;(H,2,3,4,5). The number of methoxy groups -OCH3 is 2. The summed E-state index contributed by atoms with van der Waals surface area (Å²) in [7, 11) is -1.61. The smallest absolute Gasteiger partial charge is 0.213 e. The van der Waals surface area contributed by atoms with Gasteiger partial charge in [-0.25, -0.2) is 23.6 Å². The van der Waals surface area contributed by atoms with Gasteiger partial charge in [0.25, 0.3) is 0 Å². The van der Waals surface area contributed by atoms with E-state index in [1.54, 1.807) is 14.2 Å². The molecule has 9 heteroatoms. The summed E-state index contributed by atoms with van der Waals surface area (Å²) in [5.41, 5.74) is 3.00. The first-order valence-electron chi connectivity index (χ1n) is 10.2. The number of benzene rings is 3. The van der Waals surface area contributed by atoms with Crippen LogP contribution in [0.3, 0.4) is 0 Å². The second-order valence-corrected chi connectivity index (χ2v) is 8.03. The van der Waals surface area contributed by atoms with Crippen molar-refractivity contribution in [1.82, 2.24) is 0 Å². The fourth-order valence-electron chi connectivity index (χ4n) is 3.37. The number of halogens is 1. The second kappa shape index (κ2) is 11.1. The quantitative estimate of drug-likeness (QED) is 0.386. The largest absolute Gasteiger partial charge is 0.497 e. The molecule has 1 N–H and O–H groups in total. The minimum atomic E-state index is -4.94. The van der Waals surface area contributed by atoms with Gasteiger partial charge in [-0.05, 0) is 42.5 Å². The third-order valence-electron chi connectivity index (χ3n) is 5.02. The molecule has 0 amide bonds. The van der Waals surface area contributed by atoms with Crippen LogP contribution in [0.2, 0.25) is 0 Å². The van der Waals surface area contributed by atoms with Crippen LogP contribution in [0.4, 0.5) is 0 Å². The molecule has 34 heavy (non-hydrogen) atoms. The van der Waals surface area contributed by atoms with Crippen molar-refractivity contribution in [2.75, 3.05) is 14.2 Å². The Hall–Kier alpha value is -3.40. The molecule has 0 radical (unpaired) electrons. The molecule has 0 aliphatic heterocycles. The van der Waals surface area contributed by atoms with Crippen LogP contribution in [0.1, 0.15) is 18.5 Å². The van der Waals surface area contributed by atoms with E-state index in [0.29, 0.717) is 0 Å². The summed E-state index contributed by atoms with van der Waals surface area (Å²) in [5, 5.41) is 1.97. The fourth-order valence-corrected chi connectivity index (χ4v) is 3.37. The van der Waals surface area contributed by atoms with E-state index in [4.69, 9.17) is 32.5 Å². The van der Waals surface area contributed by atoms with E-state index in [-0.39, 0.29) is 6.04 Å². The number of rotatable bonds is 5. The predicted octanol–water partition coefficient (Wildman–Crippen LogP) is -0.896. The second-order valence-electron chi connectivity index (χ2n) is 7.27. The Bertz CT molecular complexity index is 1280. The Kier molecular flexibility index (Phi) is 8.27. The van der Waals surface area contributed by atoms with Gasteiger partial charge in [-0.1, -0.05) is 30.3 Å². The maximum absolute atomic E-state index is 8.49. The molecule has 178 valence electrons. The Morgan fingerprint density at radius 1 is 0.794 bits per heavy atom. The topological polar surface area (TPSA) is 138 Å². The molecular weight excluding hydrogens is 462 g/mol. The maximum Gasteiger partial charge on any atom is 0.213 e. The molecule has 1 heterocycles. The summed E-state index contributed by atoms with van der Waals surface area (Å²) >= 11 is 0. The summed E-state index contributed by atoms with van der Waals surface area (Å²) in [4.78, 5) is 3.64.